The van der Waals surface area contributed by atoms with Crippen LogP contribution < -0.4 is 5.32 Å². The van der Waals surface area contributed by atoms with Gasteiger partial charge in [0.25, 0.3) is 0 Å². The van der Waals surface area contributed by atoms with E-state index in [1.165, 1.54) is 22.5 Å². The lowest BCUT2D eigenvalue weighted by molar-refractivity contribution is 0.168. The summed E-state index contributed by atoms with van der Waals surface area (Å²) in [7, 11) is 2.00. The predicted molar refractivity (Wildman–Crippen MR) is 121 cm³/mol. The minimum absolute atomic E-state index is 0.301. The van der Waals surface area contributed by atoms with Crippen LogP contribution in [0.2, 0.25) is 0 Å². The summed E-state index contributed by atoms with van der Waals surface area (Å²) in [5.41, 5.74) is 5.54. The lowest BCUT2D eigenvalue weighted by atomic mass is 10.1. The smallest absolute Gasteiger partial charge is 0.413 e. The summed E-state index contributed by atoms with van der Waals surface area (Å²) < 4.78 is 9.16. The number of hydrogen-bond acceptors (Lipinski definition) is 7. The Hall–Kier alpha value is -2.56. The Kier molecular flexibility index (Phi) is 7.01. The zero-order valence-corrected chi connectivity index (χ0v) is 19.4. The van der Waals surface area contributed by atoms with Crippen LogP contribution in [0.15, 0.2) is 24.3 Å². The van der Waals surface area contributed by atoms with Gasteiger partial charge in [-0.25, -0.2) is 14.2 Å². The first-order valence-corrected chi connectivity index (χ1v) is 10.8. The van der Waals surface area contributed by atoms with Gasteiger partial charge in [-0.15, -0.1) is 5.10 Å². The highest BCUT2D eigenvalue weighted by Crippen LogP contribution is 2.22. The number of hydrogen-bond donors (Lipinski definition) is 1. The molecular formula is C20H26N6O2S2. The molecule has 1 aromatic carbocycles. The molecule has 0 saturated heterocycles. The largest absolute Gasteiger partial charge is 0.450 e. The summed E-state index contributed by atoms with van der Waals surface area (Å²) in [4.78, 5) is 13.7. The van der Waals surface area contributed by atoms with Crippen molar-refractivity contribution in [2.24, 2.45) is 0 Å². The molecular weight excluding hydrogens is 420 g/mol. The maximum Gasteiger partial charge on any atom is 0.413 e. The monoisotopic (exact) mass is 446 g/mol. The van der Waals surface area contributed by atoms with Crippen LogP contribution in [0.25, 0.3) is 5.69 Å². The van der Waals surface area contributed by atoms with Crippen LogP contribution in [0.1, 0.15) is 29.4 Å². The average molecular weight is 447 g/mol. The van der Waals surface area contributed by atoms with E-state index >= 15 is 0 Å². The molecule has 3 aromatic rings. The van der Waals surface area contributed by atoms with Crippen LogP contribution in [0.3, 0.4) is 0 Å². The van der Waals surface area contributed by atoms with Gasteiger partial charge in [0.05, 0.1) is 24.7 Å². The normalized spacial score (nSPS) is 11.1. The molecule has 10 heteroatoms. The van der Waals surface area contributed by atoms with E-state index in [4.69, 9.17) is 22.1 Å². The van der Waals surface area contributed by atoms with Gasteiger partial charge in [-0.05, 0) is 58.6 Å². The quantitative estimate of drug-likeness (QED) is 0.541. The SMILES string of the molecule is CCOC(=O)Nc1nn(CN(C)Cc2c(C)nn(-c3ccccc3C)c2C)c(=S)s1. The maximum atomic E-state index is 11.6. The number of carbonyl (C=O) groups is 1. The lowest BCUT2D eigenvalue weighted by Gasteiger charge is -2.17. The van der Waals surface area contributed by atoms with E-state index in [2.05, 4.69) is 41.3 Å². The van der Waals surface area contributed by atoms with Gasteiger partial charge in [0.1, 0.15) is 0 Å². The Morgan fingerprint density at radius 2 is 2.00 bits per heavy atom. The molecule has 8 nitrogen and oxygen atoms in total. The van der Waals surface area contributed by atoms with E-state index in [9.17, 15) is 4.79 Å². The number of rotatable bonds is 7. The van der Waals surface area contributed by atoms with Crippen LogP contribution in [0.5, 0.6) is 0 Å². The van der Waals surface area contributed by atoms with Gasteiger partial charge in [-0.3, -0.25) is 10.2 Å². The van der Waals surface area contributed by atoms with Crippen molar-refractivity contribution in [2.45, 2.75) is 40.9 Å². The van der Waals surface area contributed by atoms with Crippen LogP contribution in [-0.2, 0) is 18.0 Å². The highest BCUT2D eigenvalue weighted by molar-refractivity contribution is 7.73. The molecule has 3 rings (SSSR count). The third kappa shape index (κ3) is 4.94. The van der Waals surface area contributed by atoms with Gasteiger partial charge in [0.2, 0.25) is 5.13 Å². The number of nitrogens with one attached hydrogen (secondary N) is 1. The molecule has 2 aromatic heterocycles. The second-order valence-corrected chi connectivity index (χ2v) is 8.64. The topological polar surface area (TPSA) is 77.2 Å². The van der Waals surface area contributed by atoms with Gasteiger partial charge >= 0.3 is 6.09 Å². The van der Waals surface area contributed by atoms with Crippen molar-refractivity contribution in [3.8, 4) is 5.69 Å². The van der Waals surface area contributed by atoms with Crippen molar-refractivity contribution in [3.05, 3.63) is 50.7 Å². The van der Waals surface area contributed by atoms with Crippen LogP contribution >= 0.6 is 23.6 Å². The van der Waals surface area contributed by atoms with Gasteiger partial charge < -0.3 is 4.74 Å². The Labute approximate surface area is 185 Å². The first-order chi connectivity index (χ1) is 14.3. The fraction of sp³-hybridized carbons (Fsp3) is 0.400. The highest BCUT2D eigenvalue weighted by atomic mass is 32.1. The van der Waals surface area contributed by atoms with Gasteiger partial charge in [0.15, 0.2) is 3.95 Å². The minimum atomic E-state index is -0.531. The number of anilines is 1. The summed E-state index contributed by atoms with van der Waals surface area (Å²) in [6, 6.07) is 8.22. The summed E-state index contributed by atoms with van der Waals surface area (Å²) in [5.74, 6) is 0. The summed E-state index contributed by atoms with van der Waals surface area (Å²) in [5, 5.41) is 12.2. The van der Waals surface area contributed by atoms with Gasteiger partial charge in [-0.2, -0.15) is 5.10 Å². The fourth-order valence-electron chi connectivity index (χ4n) is 3.19. The zero-order valence-electron chi connectivity index (χ0n) is 17.8. The Morgan fingerprint density at radius 3 is 2.70 bits per heavy atom. The van der Waals surface area contributed by atoms with Crippen molar-refractivity contribution in [3.63, 3.8) is 0 Å². The molecule has 0 atom stereocenters. The molecule has 0 aliphatic rings. The summed E-state index contributed by atoms with van der Waals surface area (Å²) >= 11 is 6.63. The number of ether oxygens (including phenoxy) is 1. The van der Waals surface area contributed by atoms with E-state index in [0.717, 1.165) is 17.1 Å². The molecule has 0 spiro atoms. The maximum absolute atomic E-state index is 11.6. The third-order valence-corrected chi connectivity index (χ3v) is 5.90. The predicted octanol–water partition coefficient (Wildman–Crippen LogP) is 4.44. The molecule has 1 N–H and O–H groups in total. The summed E-state index contributed by atoms with van der Waals surface area (Å²) in [6.07, 6.45) is -0.531. The lowest BCUT2D eigenvalue weighted by Crippen LogP contribution is -2.23. The van der Waals surface area contributed by atoms with E-state index in [-0.39, 0.29) is 0 Å². The van der Waals surface area contributed by atoms with Crippen molar-refractivity contribution >= 4 is 34.8 Å². The Morgan fingerprint density at radius 1 is 1.27 bits per heavy atom. The first-order valence-electron chi connectivity index (χ1n) is 9.61. The molecule has 0 saturated carbocycles. The molecule has 0 aliphatic carbocycles. The van der Waals surface area contributed by atoms with E-state index in [1.807, 2.05) is 30.8 Å². The van der Waals surface area contributed by atoms with Gasteiger partial charge in [0, 0.05) is 17.8 Å². The number of aromatic nitrogens is 4. The van der Waals surface area contributed by atoms with Crippen LogP contribution in [-0.4, -0.2) is 44.2 Å². The van der Waals surface area contributed by atoms with Crippen molar-refractivity contribution in [1.29, 1.82) is 0 Å². The second-order valence-electron chi connectivity index (χ2n) is 7.02. The molecule has 1 amide bonds. The second kappa shape index (κ2) is 9.50. The molecule has 0 bridgehead atoms. The van der Waals surface area contributed by atoms with Crippen LogP contribution in [0.4, 0.5) is 9.93 Å². The summed E-state index contributed by atoms with van der Waals surface area (Å²) in [6.45, 7) is 9.45. The van der Waals surface area contributed by atoms with Crippen molar-refractivity contribution in [2.75, 3.05) is 19.0 Å². The van der Waals surface area contributed by atoms with Crippen LogP contribution in [0, 0.1) is 24.7 Å². The molecule has 2 heterocycles. The van der Waals surface area contributed by atoms with E-state index in [1.54, 1.807) is 11.6 Å². The molecule has 30 heavy (non-hydrogen) atoms. The third-order valence-electron chi connectivity index (χ3n) is 4.68. The highest BCUT2D eigenvalue weighted by Gasteiger charge is 2.16. The molecule has 0 fully saturated rings. The molecule has 0 unspecified atom stereocenters. The zero-order chi connectivity index (χ0) is 21.8. The number of amides is 1. The van der Waals surface area contributed by atoms with Gasteiger partial charge in [-0.1, -0.05) is 29.5 Å². The van der Waals surface area contributed by atoms with E-state index < -0.39 is 6.09 Å². The first kappa shape index (κ1) is 22.1. The van der Waals surface area contributed by atoms with Crippen molar-refractivity contribution < 1.29 is 9.53 Å². The number of para-hydroxylation sites is 1. The molecule has 0 aliphatic heterocycles. The Bertz CT molecular complexity index is 1100. The number of carbonyl (C=O) groups excluding carboxylic acids is 1. The van der Waals surface area contributed by atoms with Crippen molar-refractivity contribution in [1.82, 2.24) is 24.5 Å². The van der Waals surface area contributed by atoms with E-state index in [0.29, 0.717) is 28.9 Å². The number of aryl methyl sites for hydroxylation is 2. The standard InChI is InChI=1S/C20H26N6O2S2/c1-6-28-19(27)21-18-23-25(20(29)30-18)12-24(5)11-16-14(3)22-26(15(16)4)17-10-8-7-9-13(17)2/h7-10H,6,11-12H2,1-5H3,(H,21,23,27). The molecule has 160 valence electrons. The average Bonchev–Trinajstić information content (AvgIpc) is 3.15. The molecule has 0 radical (unpaired) electrons. The number of nitrogens with zero attached hydrogens (tertiary/aromatic N) is 5. The Balaban J connectivity index is 1.74. The fourth-order valence-corrected chi connectivity index (χ4v) is 4.17. The minimum Gasteiger partial charge on any atom is -0.450 e. The number of benzene rings is 1.